The lowest BCUT2D eigenvalue weighted by molar-refractivity contribution is 0.874. The van der Waals surface area contributed by atoms with Crippen molar-refractivity contribution in [3.63, 3.8) is 0 Å². The minimum Gasteiger partial charge on any atom is -0.198 e. The Morgan fingerprint density at radius 2 is 2.11 bits per heavy atom. The van der Waals surface area contributed by atoms with Gasteiger partial charge in [-0.1, -0.05) is 23.2 Å². The second-order valence-electron chi connectivity index (χ2n) is 4.54. The zero-order valence-corrected chi connectivity index (χ0v) is 12.0. The van der Waals surface area contributed by atoms with Crippen LogP contribution in [0.25, 0.3) is 16.9 Å². The number of aromatic nitrogens is 4. The SMILES string of the molecule is Clc1nc2nc(C3CC3)nn2c(Cl)c1-c1ccsc1. The maximum Gasteiger partial charge on any atom is 0.255 e. The van der Waals surface area contributed by atoms with Crippen LogP contribution in [0.1, 0.15) is 24.6 Å². The molecule has 0 atom stereocenters. The van der Waals surface area contributed by atoms with Gasteiger partial charge in [-0.3, -0.25) is 0 Å². The summed E-state index contributed by atoms with van der Waals surface area (Å²) >= 11 is 14.2. The number of hydrogen-bond acceptors (Lipinski definition) is 4. The first kappa shape index (κ1) is 11.6. The Morgan fingerprint density at radius 1 is 1.26 bits per heavy atom. The van der Waals surface area contributed by atoms with E-state index in [0.717, 1.165) is 24.2 Å². The molecule has 0 N–H and O–H groups in total. The number of halogens is 2. The van der Waals surface area contributed by atoms with Crippen LogP contribution in [0.2, 0.25) is 10.3 Å². The first-order valence-corrected chi connectivity index (χ1v) is 7.58. The quantitative estimate of drug-likeness (QED) is 0.671. The molecule has 0 bridgehead atoms. The molecule has 0 radical (unpaired) electrons. The molecule has 3 aromatic heterocycles. The summed E-state index contributed by atoms with van der Waals surface area (Å²) in [6.07, 6.45) is 2.28. The van der Waals surface area contributed by atoms with Gasteiger partial charge in [0.15, 0.2) is 5.82 Å². The van der Waals surface area contributed by atoms with Gasteiger partial charge in [0.05, 0.1) is 5.56 Å². The molecule has 1 saturated carbocycles. The van der Waals surface area contributed by atoms with Gasteiger partial charge in [-0.05, 0) is 35.2 Å². The minimum absolute atomic E-state index is 0.366. The van der Waals surface area contributed by atoms with Gasteiger partial charge >= 0.3 is 0 Å². The van der Waals surface area contributed by atoms with E-state index < -0.39 is 0 Å². The standard InChI is InChI=1S/C12H8Cl2N4S/c13-9-8(7-3-4-19-5-7)10(14)18-12(15-9)16-11(17-18)6-1-2-6/h3-6H,1-2H2. The molecule has 19 heavy (non-hydrogen) atoms. The molecule has 4 rings (SSSR count). The van der Waals surface area contributed by atoms with Crippen LogP contribution in [-0.4, -0.2) is 19.6 Å². The van der Waals surface area contributed by atoms with Crippen molar-refractivity contribution < 1.29 is 0 Å². The van der Waals surface area contributed by atoms with E-state index in [1.807, 2.05) is 16.8 Å². The maximum absolute atomic E-state index is 6.42. The first-order chi connectivity index (χ1) is 9.24. The fourth-order valence-corrected chi connectivity index (χ4v) is 3.30. The van der Waals surface area contributed by atoms with Crippen LogP contribution in [-0.2, 0) is 0 Å². The minimum atomic E-state index is 0.366. The van der Waals surface area contributed by atoms with Crippen LogP contribution >= 0.6 is 34.5 Å². The molecule has 0 aliphatic heterocycles. The summed E-state index contributed by atoms with van der Waals surface area (Å²) in [5.41, 5.74) is 1.67. The topological polar surface area (TPSA) is 43.1 Å². The highest BCUT2D eigenvalue weighted by Crippen LogP contribution is 2.39. The highest BCUT2D eigenvalue weighted by atomic mass is 35.5. The monoisotopic (exact) mass is 310 g/mol. The number of hydrogen-bond donors (Lipinski definition) is 0. The van der Waals surface area contributed by atoms with Gasteiger partial charge in [0.25, 0.3) is 5.78 Å². The van der Waals surface area contributed by atoms with Crippen LogP contribution < -0.4 is 0 Å². The second-order valence-corrected chi connectivity index (χ2v) is 6.03. The molecule has 4 nitrogen and oxygen atoms in total. The molecule has 0 unspecified atom stereocenters. The Morgan fingerprint density at radius 3 is 2.79 bits per heavy atom. The van der Waals surface area contributed by atoms with Gasteiger partial charge in [0.2, 0.25) is 0 Å². The van der Waals surface area contributed by atoms with Crippen LogP contribution in [0.3, 0.4) is 0 Å². The van der Waals surface area contributed by atoms with Gasteiger partial charge in [-0.25, -0.2) is 0 Å². The third kappa shape index (κ3) is 1.84. The van der Waals surface area contributed by atoms with Crippen molar-refractivity contribution in [2.24, 2.45) is 0 Å². The van der Waals surface area contributed by atoms with Crippen LogP contribution in [0.5, 0.6) is 0 Å². The van der Waals surface area contributed by atoms with E-state index in [0.29, 0.717) is 27.6 Å². The Bertz CT molecular complexity index is 762. The normalized spacial score (nSPS) is 15.3. The molecular formula is C12H8Cl2N4S. The smallest absolute Gasteiger partial charge is 0.198 e. The van der Waals surface area contributed by atoms with Gasteiger partial charge in [0.1, 0.15) is 10.3 Å². The second kappa shape index (κ2) is 4.16. The Labute approximate surface area is 123 Å². The van der Waals surface area contributed by atoms with E-state index in [4.69, 9.17) is 23.2 Å². The molecule has 96 valence electrons. The summed E-state index contributed by atoms with van der Waals surface area (Å²) in [5, 5.41) is 9.23. The summed E-state index contributed by atoms with van der Waals surface area (Å²) in [6, 6.07) is 1.96. The molecule has 0 aromatic carbocycles. The van der Waals surface area contributed by atoms with Crippen molar-refractivity contribution in [3.05, 3.63) is 33.0 Å². The summed E-state index contributed by atoms with van der Waals surface area (Å²) in [4.78, 5) is 8.69. The molecule has 1 fully saturated rings. The van der Waals surface area contributed by atoms with Gasteiger partial charge < -0.3 is 0 Å². The van der Waals surface area contributed by atoms with E-state index in [2.05, 4.69) is 15.1 Å². The fraction of sp³-hybridized carbons (Fsp3) is 0.250. The molecule has 1 aliphatic rings. The van der Waals surface area contributed by atoms with Crippen molar-refractivity contribution >= 4 is 40.3 Å². The summed E-state index contributed by atoms with van der Waals surface area (Å²) in [6.45, 7) is 0. The molecule has 1 aliphatic carbocycles. The third-order valence-corrected chi connectivity index (χ3v) is 4.46. The predicted molar refractivity (Wildman–Crippen MR) is 76.1 cm³/mol. The van der Waals surface area contributed by atoms with Crippen LogP contribution in [0.15, 0.2) is 16.8 Å². The number of nitrogens with zero attached hydrogens (tertiary/aromatic N) is 4. The maximum atomic E-state index is 6.42. The Hall–Kier alpha value is -1.17. The largest absolute Gasteiger partial charge is 0.255 e. The highest BCUT2D eigenvalue weighted by Gasteiger charge is 2.29. The highest BCUT2D eigenvalue weighted by molar-refractivity contribution is 7.08. The van der Waals surface area contributed by atoms with Crippen molar-refractivity contribution in [1.82, 2.24) is 19.6 Å². The lowest BCUT2D eigenvalue weighted by Crippen LogP contribution is -1.97. The van der Waals surface area contributed by atoms with Gasteiger partial charge in [0, 0.05) is 5.92 Å². The van der Waals surface area contributed by atoms with Crippen molar-refractivity contribution in [2.45, 2.75) is 18.8 Å². The van der Waals surface area contributed by atoms with E-state index >= 15 is 0 Å². The van der Waals surface area contributed by atoms with Crippen molar-refractivity contribution in [2.75, 3.05) is 0 Å². The average Bonchev–Trinajstić information content (AvgIpc) is 2.93. The summed E-state index contributed by atoms with van der Waals surface area (Å²) in [5.74, 6) is 1.74. The first-order valence-electron chi connectivity index (χ1n) is 5.88. The van der Waals surface area contributed by atoms with Crippen LogP contribution in [0, 0.1) is 0 Å². The Balaban J connectivity index is 1.99. The molecule has 3 aromatic rings. The van der Waals surface area contributed by atoms with E-state index in [1.165, 1.54) is 0 Å². The summed E-state index contributed by atoms with van der Waals surface area (Å²) in [7, 11) is 0. The molecule has 0 amide bonds. The lowest BCUT2D eigenvalue weighted by Gasteiger charge is -2.05. The molecule has 0 spiro atoms. The Kier molecular flexibility index (Phi) is 2.55. The fourth-order valence-electron chi connectivity index (χ4n) is 2.02. The molecule has 0 saturated heterocycles. The summed E-state index contributed by atoms with van der Waals surface area (Å²) < 4.78 is 1.58. The third-order valence-electron chi connectivity index (χ3n) is 3.16. The number of fused-ring (bicyclic) bond motifs is 1. The lowest BCUT2D eigenvalue weighted by atomic mass is 10.2. The average molecular weight is 311 g/mol. The van der Waals surface area contributed by atoms with Gasteiger partial charge in [-0.2, -0.15) is 25.8 Å². The zero-order chi connectivity index (χ0) is 13.0. The van der Waals surface area contributed by atoms with Crippen molar-refractivity contribution in [3.8, 4) is 11.1 Å². The molecule has 3 heterocycles. The number of rotatable bonds is 2. The van der Waals surface area contributed by atoms with E-state index in [1.54, 1.807) is 15.9 Å². The van der Waals surface area contributed by atoms with Gasteiger partial charge in [-0.15, -0.1) is 5.10 Å². The molecule has 7 heteroatoms. The molecular weight excluding hydrogens is 303 g/mol. The van der Waals surface area contributed by atoms with Crippen molar-refractivity contribution in [1.29, 1.82) is 0 Å². The van der Waals surface area contributed by atoms with E-state index in [9.17, 15) is 0 Å². The zero-order valence-electron chi connectivity index (χ0n) is 9.68. The predicted octanol–water partition coefficient (Wildman–Crippen LogP) is 4.04. The number of thiophene rings is 1. The van der Waals surface area contributed by atoms with Crippen LogP contribution in [0.4, 0.5) is 0 Å². The van der Waals surface area contributed by atoms with E-state index in [-0.39, 0.29) is 0 Å².